The van der Waals surface area contributed by atoms with Crippen molar-refractivity contribution in [2.75, 3.05) is 11.4 Å². The average Bonchev–Trinajstić information content (AvgIpc) is 3.06. The topological polar surface area (TPSA) is 72.1 Å². The molecule has 0 saturated carbocycles. The first-order chi connectivity index (χ1) is 10.6. The number of hydrogen-bond acceptors (Lipinski definition) is 5. The highest BCUT2D eigenvalue weighted by atomic mass is 32.1. The van der Waals surface area contributed by atoms with Crippen LogP contribution in [0, 0.1) is 6.92 Å². The van der Waals surface area contributed by atoms with Crippen molar-refractivity contribution in [3.63, 3.8) is 0 Å². The van der Waals surface area contributed by atoms with E-state index in [1.54, 1.807) is 11.3 Å². The molecular weight excluding hydrogens is 296 g/mol. The number of piperidine rings is 1. The second-order valence-corrected chi connectivity index (χ2v) is 7.32. The summed E-state index contributed by atoms with van der Waals surface area (Å²) in [5.74, 6) is 1.47. The Morgan fingerprint density at radius 3 is 2.95 bits per heavy atom. The lowest BCUT2D eigenvalue weighted by molar-refractivity contribution is -0.119. The molecule has 116 valence electrons. The molecule has 1 fully saturated rings. The van der Waals surface area contributed by atoms with Crippen molar-refractivity contribution < 1.29 is 4.79 Å². The summed E-state index contributed by atoms with van der Waals surface area (Å²) in [6.45, 7) is 2.78. The zero-order valence-corrected chi connectivity index (χ0v) is 13.6. The van der Waals surface area contributed by atoms with Crippen LogP contribution in [0.15, 0.2) is 0 Å². The van der Waals surface area contributed by atoms with Crippen LogP contribution in [0.5, 0.6) is 0 Å². The number of primary amides is 1. The van der Waals surface area contributed by atoms with Gasteiger partial charge in [0.15, 0.2) is 0 Å². The van der Waals surface area contributed by atoms with E-state index in [4.69, 9.17) is 10.7 Å². The summed E-state index contributed by atoms with van der Waals surface area (Å²) in [5, 5.41) is 1.18. The molecule has 4 rings (SSSR count). The first-order valence-electron chi connectivity index (χ1n) is 8.00. The summed E-state index contributed by atoms with van der Waals surface area (Å²) in [7, 11) is 0. The van der Waals surface area contributed by atoms with Gasteiger partial charge in [0.25, 0.3) is 0 Å². The van der Waals surface area contributed by atoms with E-state index in [2.05, 4.69) is 9.88 Å². The number of carbonyl (C=O) groups is 1. The molecule has 5 nitrogen and oxygen atoms in total. The van der Waals surface area contributed by atoms with Crippen LogP contribution in [0.2, 0.25) is 0 Å². The number of rotatable bonds is 2. The van der Waals surface area contributed by atoms with Crippen LogP contribution in [-0.4, -0.2) is 28.5 Å². The number of nitrogens with two attached hydrogens (primary N) is 1. The average molecular weight is 316 g/mol. The summed E-state index contributed by atoms with van der Waals surface area (Å²) in [4.78, 5) is 25.9. The third kappa shape index (κ3) is 2.08. The molecular formula is C16H20N4OS. The van der Waals surface area contributed by atoms with Gasteiger partial charge in [0.1, 0.15) is 22.5 Å². The standard InChI is InChI=1S/C16H20N4OS/c1-9-18-15(20-8-3-2-6-11(20)14(17)21)13-10-5-4-7-12(10)22-16(13)19-9/h11H,2-8H2,1H3,(H2,17,21)/t11-/m0/s1. The summed E-state index contributed by atoms with van der Waals surface area (Å²) in [6.07, 6.45) is 6.42. The molecule has 0 radical (unpaired) electrons. The zero-order valence-electron chi connectivity index (χ0n) is 12.8. The highest BCUT2D eigenvalue weighted by Crippen LogP contribution is 2.41. The molecule has 1 amide bonds. The Labute approximate surface area is 133 Å². The van der Waals surface area contributed by atoms with E-state index < -0.39 is 0 Å². The fourth-order valence-electron chi connectivity index (χ4n) is 3.77. The number of aryl methyl sites for hydroxylation is 3. The first-order valence-corrected chi connectivity index (χ1v) is 8.81. The van der Waals surface area contributed by atoms with Gasteiger partial charge >= 0.3 is 0 Å². The smallest absolute Gasteiger partial charge is 0.240 e. The third-order valence-corrected chi connectivity index (χ3v) is 5.95. The summed E-state index contributed by atoms with van der Waals surface area (Å²) in [6, 6.07) is -0.233. The minimum absolute atomic E-state index is 0.233. The van der Waals surface area contributed by atoms with Gasteiger partial charge in [-0.25, -0.2) is 9.97 Å². The summed E-state index contributed by atoms with van der Waals surface area (Å²) >= 11 is 1.79. The normalized spacial score (nSPS) is 21.3. The molecule has 2 aliphatic rings. The lowest BCUT2D eigenvalue weighted by Gasteiger charge is -2.35. The van der Waals surface area contributed by atoms with Crippen molar-refractivity contribution in [2.24, 2.45) is 5.73 Å². The number of hydrogen-bond donors (Lipinski definition) is 1. The predicted molar refractivity (Wildman–Crippen MR) is 88.4 cm³/mol. The van der Waals surface area contributed by atoms with Crippen molar-refractivity contribution >= 4 is 33.3 Å². The molecule has 0 bridgehead atoms. The number of carbonyl (C=O) groups excluding carboxylic acids is 1. The maximum Gasteiger partial charge on any atom is 0.240 e. The number of fused-ring (bicyclic) bond motifs is 3. The van der Waals surface area contributed by atoms with Crippen molar-refractivity contribution in [3.8, 4) is 0 Å². The van der Waals surface area contributed by atoms with Crippen molar-refractivity contribution in [2.45, 2.75) is 51.5 Å². The molecule has 1 aliphatic heterocycles. The van der Waals surface area contributed by atoms with E-state index >= 15 is 0 Å². The van der Waals surface area contributed by atoms with Crippen LogP contribution < -0.4 is 10.6 Å². The highest BCUT2D eigenvalue weighted by molar-refractivity contribution is 7.19. The van der Waals surface area contributed by atoms with E-state index in [9.17, 15) is 4.79 Å². The highest BCUT2D eigenvalue weighted by Gasteiger charge is 2.31. The van der Waals surface area contributed by atoms with Gasteiger partial charge in [-0.3, -0.25) is 4.79 Å². The number of thiophene rings is 1. The fourth-order valence-corrected chi connectivity index (χ4v) is 5.07. The first kappa shape index (κ1) is 13.9. The van der Waals surface area contributed by atoms with Gasteiger partial charge in [0, 0.05) is 11.4 Å². The SMILES string of the molecule is Cc1nc(N2CCCC[C@H]2C(N)=O)c2c3c(sc2n1)CCC3. The molecule has 6 heteroatoms. The lowest BCUT2D eigenvalue weighted by atomic mass is 10.0. The molecule has 0 aromatic carbocycles. The van der Waals surface area contributed by atoms with Crippen molar-refractivity contribution in [1.82, 2.24) is 9.97 Å². The predicted octanol–water partition coefficient (Wildman–Crippen LogP) is 2.33. The van der Waals surface area contributed by atoms with Crippen LogP contribution in [0.4, 0.5) is 5.82 Å². The third-order valence-electron chi connectivity index (χ3n) is 4.76. The number of aromatic nitrogens is 2. The monoisotopic (exact) mass is 316 g/mol. The Balaban J connectivity index is 1.91. The zero-order chi connectivity index (χ0) is 15.3. The molecule has 1 atom stereocenters. The van der Waals surface area contributed by atoms with Gasteiger partial charge in [-0.15, -0.1) is 11.3 Å². The van der Waals surface area contributed by atoms with E-state index in [1.807, 2.05) is 6.92 Å². The summed E-state index contributed by atoms with van der Waals surface area (Å²) in [5.41, 5.74) is 7.05. The van der Waals surface area contributed by atoms with E-state index in [1.165, 1.54) is 22.2 Å². The van der Waals surface area contributed by atoms with Crippen LogP contribution in [0.1, 0.15) is 41.9 Å². The minimum Gasteiger partial charge on any atom is -0.368 e. The Bertz CT molecular complexity index is 754. The Morgan fingerprint density at radius 2 is 2.14 bits per heavy atom. The molecule has 22 heavy (non-hydrogen) atoms. The Hall–Kier alpha value is -1.69. The van der Waals surface area contributed by atoms with E-state index in [0.717, 1.165) is 55.1 Å². The van der Waals surface area contributed by atoms with Gasteiger partial charge in [-0.1, -0.05) is 0 Å². The molecule has 2 aromatic heterocycles. The number of nitrogens with zero attached hydrogens (tertiary/aromatic N) is 3. The van der Waals surface area contributed by atoms with Gasteiger partial charge < -0.3 is 10.6 Å². The Kier molecular flexibility index (Phi) is 3.29. The second kappa shape index (κ2) is 5.19. The maximum absolute atomic E-state index is 11.9. The van der Waals surface area contributed by atoms with Gasteiger partial charge in [0.05, 0.1) is 5.39 Å². The Morgan fingerprint density at radius 1 is 1.27 bits per heavy atom. The van der Waals surface area contributed by atoms with Crippen LogP contribution in [0.3, 0.4) is 0 Å². The molecule has 0 spiro atoms. The lowest BCUT2D eigenvalue weighted by Crippen LogP contribution is -2.48. The second-order valence-electron chi connectivity index (χ2n) is 6.24. The summed E-state index contributed by atoms with van der Waals surface area (Å²) < 4.78 is 0. The van der Waals surface area contributed by atoms with Crippen LogP contribution in [0.25, 0.3) is 10.2 Å². The maximum atomic E-state index is 11.9. The van der Waals surface area contributed by atoms with Crippen LogP contribution >= 0.6 is 11.3 Å². The minimum atomic E-state index is -0.240. The van der Waals surface area contributed by atoms with Gasteiger partial charge in [0.2, 0.25) is 5.91 Å². The van der Waals surface area contributed by atoms with Gasteiger partial charge in [-0.2, -0.15) is 0 Å². The van der Waals surface area contributed by atoms with Crippen molar-refractivity contribution in [1.29, 1.82) is 0 Å². The molecule has 1 saturated heterocycles. The number of amides is 1. The van der Waals surface area contributed by atoms with Gasteiger partial charge in [-0.05, 0) is 51.0 Å². The number of anilines is 1. The van der Waals surface area contributed by atoms with Crippen LogP contribution in [-0.2, 0) is 17.6 Å². The molecule has 2 N–H and O–H groups in total. The van der Waals surface area contributed by atoms with E-state index in [0.29, 0.717) is 0 Å². The quantitative estimate of drug-likeness (QED) is 0.923. The van der Waals surface area contributed by atoms with Crippen molar-refractivity contribution in [3.05, 3.63) is 16.3 Å². The fraction of sp³-hybridized carbons (Fsp3) is 0.562. The largest absolute Gasteiger partial charge is 0.368 e. The molecule has 0 unspecified atom stereocenters. The molecule has 3 heterocycles. The van der Waals surface area contributed by atoms with E-state index in [-0.39, 0.29) is 11.9 Å². The molecule has 2 aromatic rings. The molecule has 1 aliphatic carbocycles.